The van der Waals surface area contributed by atoms with Crippen LogP contribution in [0.3, 0.4) is 0 Å². The fraction of sp³-hybridized carbons (Fsp3) is 0.0870. The minimum absolute atomic E-state index is 0.279. The predicted molar refractivity (Wildman–Crippen MR) is 127 cm³/mol. The Morgan fingerprint density at radius 3 is 2.79 bits per heavy atom. The SMILES string of the molecule is C=CN(CCn1nc(-n2ccc3cc(O)c(F)cc32)c2c(N)ncnc21)Sc1ccccc1. The summed E-state index contributed by atoms with van der Waals surface area (Å²) >= 11 is 1.57. The first-order valence-corrected chi connectivity index (χ1v) is 10.9. The van der Waals surface area contributed by atoms with Crippen molar-refractivity contribution in [2.24, 2.45) is 0 Å². The van der Waals surface area contributed by atoms with Crippen molar-refractivity contribution in [1.29, 1.82) is 0 Å². The number of hydrogen-bond donors (Lipinski definition) is 2. The first-order valence-electron chi connectivity index (χ1n) is 10.1. The molecule has 0 aliphatic carbocycles. The highest BCUT2D eigenvalue weighted by Gasteiger charge is 2.19. The lowest BCUT2D eigenvalue weighted by molar-refractivity contribution is 0.433. The van der Waals surface area contributed by atoms with Gasteiger partial charge in [0.1, 0.15) is 17.5 Å². The second kappa shape index (κ2) is 8.47. The number of hydrogen-bond acceptors (Lipinski definition) is 7. The van der Waals surface area contributed by atoms with Gasteiger partial charge in [-0.05, 0) is 36.2 Å². The summed E-state index contributed by atoms with van der Waals surface area (Å²) < 4.78 is 19.6. The Kier molecular flexibility index (Phi) is 5.35. The Morgan fingerprint density at radius 2 is 2.00 bits per heavy atom. The van der Waals surface area contributed by atoms with Crippen LogP contribution in [0.5, 0.6) is 5.75 Å². The van der Waals surface area contributed by atoms with Crippen LogP contribution in [0.1, 0.15) is 0 Å². The summed E-state index contributed by atoms with van der Waals surface area (Å²) in [5, 5.41) is 15.7. The van der Waals surface area contributed by atoms with E-state index in [1.54, 1.807) is 39.7 Å². The third-order valence-electron chi connectivity index (χ3n) is 5.23. The number of benzene rings is 2. The maximum atomic E-state index is 14.1. The molecule has 8 nitrogen and oxygen atoms in total. The largest absolute Gasteiger partial charge is 0.505 e. The zero-order chi connectivity index (χ0) is 22.9. The maximum Gasteiger partial charge on any atom is 0.172 e. The van der Waals surface area contributed by atoms with Gasteiger partial charge in [0.2, 0.25) is 0 Å². The summed E-state index contributed by atoms with van der Waals surface area (Å²) in [5.41, 5.74) is 7.32. The number of nitrogens with zero attached hydrogens (tertiary/aromatic N) is 6. The van der Waals surface area contributed by atoms with Gasteiger partial charge in [0.05, 0.1) is 12.1 Å². The number of aromatic nitrogens is 5. The number of fused-ring (bicyclic) bond motifs is 2. The normalized spacial score (nSPS) is 11.3. The fourth-order valence-electron chi connectivity index (χ4n) is 3.65. The summed E-state index contributed by atoms with van der Waals surface area (Å²) in [7, 11) is 0. The van der Waals surface area contributed by atoms with Gasteiger partial charge < -0.3 is 15.1 Å². The van der Waals surface area contributed by atoms with E-state index in [9.17, 15) is 9.50 Å². The van der Waals surface area contributed by atoms with Gasteiger partial charge >= 0.3 is 0 Å². The van der Waals surface area contributed by atoms with Gasteiger partial charge in [-0.2, -0.15) is 5.10 Å². The molecule has 166 valence electrons. The van der Waals surface area contributed by atoms with Crippen LogP contribution < -0.4 is 5.73 Å². The van der Waals surface area contributed by atoms with E-state index in [2.05, 4.69) is 16.5 Å². The second-order valence-electron chi connectivity index (χ2n) is 7.28. The summed E-state index contributed by atoms with van der Waals surface area (Å²) in [6, 6.07) is 14.4. The number of phenols is 1. The molecule has 3 N–H and O–H groups in total. The van der Waals surface area contributed by atoms with Crippen molar-refractivity contribution >= 4 is 39.7 Å². The molecular formula is C23H20FN7OS. The van der Waals surface area contributed by atoms with Gasteiger partial charge in [-0.3, -0.25) is 4.57 Å². The van der Waals surface area contributed by atoms with Crippen LogP contribution >= 0.6 is 11.9 Å². The molecule has 0 amide bonds. The third kappa shape index (κ3) is 3.85. The highest BCUT2D eigenvalue weighted by molar-refractivity contribution is 7.97. The van der Waals surface area contributed by atoms with Crippen molar-refractivity contribution in [1.82, 2.24) is 28.6 Å². The van der Waals surface area contributed by atoms with E-state index < -0.39 is 11.6 Å². The number of rotatable bonds is 7. The van der Waals surface area contributed by atoms with Gasteiger partial charge in [-0.1, -0.05) is 24.8 Å². The maximum absolute atomic E-state index is 14.1. The van der Waals surface area contributed by atoms with Crippen LogP contribution in [0.15, 0.2) is 78.7 Å². The van der Waals surface area contributed by atoms with Crippen LogP contribution in [0.2, 0.25) is 0 Å². The second-order valence-corrected chi connectivity index (χ2v) is 8.40. The molecule has 3 aromatic heterocycles. The lowest BCUT2D eigenvalue weighted by atomic mass is 10.2. The lowest BCUT2D eigenvalue weighted by Crippen LogP contribution is -2.16. The molecule has 0 fully saturated rings. The standard InChI is InChI=1S/C23H20FN7OS/c1-2-29(33-16-6-4-3-5-7-16)10-11-31-22-20(21(25)26-14-27-22)23(28-31)30-9-8-15-12-19(32)17(24)13-18(15)30/h2-9,12-14,32H,1,10-11H2,(H2,25,26,27). The summed E-state index contributed by atoms with van der Waals surface area (Å²) in [6.45, 7) is 5.03. The van der Waals surface area contributed by atoms with Crippen molar-refractivity contribution in [2.75, 3.05) is 12.3 Å². The Hall–Kier alpha value is -4.05. The van der Waals surface area contributed by atoms with Crippen LogP contribution in [0, 0.1) is 5.82 Å². The van der Waals surface area contributed by atoms with E-state index in [4.69, 9.17) is 10.8 Å². The van der Waals surface area contributed by atoms with Crippen molar-refractivity contribution in [3.8, 4) is 11.6 Å². The summed E-state index contributed by atoms with van der Waals surface area (Å²) in [4.78, 5) is 9.62. The van der Waals surface area contributed by atoms with Crippen molar-refractivity contribution < 1.29 is 9.50 Å². The molecule has 33 heavy (non-hydrogen) atoms. The molecule has 0 bridgehead atoms. The van der Waals surface area contributed by atoms with E-state index in [-0.39, 0.29) is 5.82 Å². The van der Waals surface area contributed by atoms with Crippen LogP contribution in [0.25, 0.3) is 27.8 Å². The number of anilines is 1. The number of nitrogens with two attached hydrogens (primary N) is 1. The molecule has 5 rings (SSSR count). The highest BCUT2D eigenvalue weighted by atomic mass is 32.2. The topological polar surface area (TPSA) is 98.0 Å². The molecule has 0 atom stereocenters. The molecule has 0 spiro atoms. The Labute approximate surface area is 192 Å². The predicted octanol–water partition coefficient (Wildman–Crippen LogP) is 4.35. The van der Waals surface area contributed by atoms with Crippen LogP contribution in [-0.4, -0.2) is 40.3 Å². The number of aromatic hydroxyl groups is 1. The van der Waals surface area contributed by atoms with Crippen LogP contribution in [-0.2, 0) is 6.54 Å². The zero-order valence-electron chi connectivity index (χ0n) is 17.5. The highest BCUT2D eigenvalue weighted by Crippen LogP contribution is 2.31. The summed E-state index contributed by atoms with van der Waals surface area (Å²) in [6.07, 6.45) is 4.92. The minimum atomic E-state index is -0.713. The molecule has 5 aromatic rings. The first-order chi connectivity index (χ1) is 16.0. The van der Waals surface area contributed by atoms with Crippen LogP contribution in [0.4, 0.5) is 10.2 Å². The quantitative estimate of drug-likeness (QED) is 0.348. The number of phenolic OH excluding ortho intramolecular Hbond substituents is 1. The zero-order valence-corrected chi connectivity index (χ0v) is 18.3. The number of halogens is 1. The molecule has 0 aliphatic heterocycles. The van der Waals surface area contributed by atoms with E-state index in [0.717, 1.165) is 4.90 Å². The minimum Gasteiger partial charge on any atom is -0.505 e. The Bertz CT molecular complexity index is 1460. The van der Waals surface area contributed by atoms with Gasteiger partial charge in [0.25, 0.3) is 0 Å². The summed E-state index contributed by atoms with van der Waals surface area (Å²) in [5.74, 6) is -0.348. The van der Waals surface area contributed by atoms with Crippen molar-refractivity contribution in [2.45, 2.75) is 11.4 Å². The van der Waals surface area contributed by atoms with E-state index >= 15 is 0 Å². The molecule has 0 radical (unpaired) electrons. The van der Waals surface area contributed by atoms with Gasteiger partial charge in [-0.15, -0.1) is 0 Å². The Morgan fingerprint density at radius 1 is 1.18 bits per heavy atom. The third-order valence-corrected chi connectivity index (χ3v) is 6.28. The van der Waals surface area contributed by atoms with E-state index in [1.165, 1.54) is 18.5 Å². The fourth-order valence-corrected chi connectivity index (χ4v) is 4.45. The first kappa shape index (κ1) is 20.8. The molecule has 0 unspecified atom stereocenters. The van der Waals surface area contributed by atoms with Gasteiger partial charge in [0.15, 0.2) is 23.0 Å². The lowest BCUT2D eigenvalue weighted by Gasteiger charge is -2.18. The smallest absolute Gasteiger partial charge is 0.172 e. The molecule has 0 saturated carbocycles. The molecule has 0 aliphatic rings. The molecule has 10 heteroatoms. The monoisotopic (exact) mass is 461 g/mol. The van der Waals surface area contributed by atoms with Gasteiger partial charge in [0, 0.05) is 35.3 Å². The molecular weight excluding hydrogens is 441 g/mol. The van der Waals surface area contributed by atoms with Crippen molar-refractivity contribution in [3.05, 3.63) is 79.7 Å². The van der Waals surface area contributed by atoms with E-state index in [1.807, 2.05) is 34.6 Å². The molecule has 3 heterocycles. The van der Waals surface area contributed by atoms with Crippen molar-refractivity contribution in [3.63, 3.8) is 0 Å². The van der Waals surface area contributed by atoms with Gasteiger partial charge in [-0.25, -0.2) is 19.0 Å². The Balaban J connectivity index is 1.52. The molecule has 2 aromatic carbocycles. The van der Waals surface area contributed by atoms with E-state index in [0.29, 0.717) is 40.8 Å². The number of nitrogen functional groups attached to an aromatic ring is 1. The average Bonchev–Trinajstić information content (AvgIpc) is 3.39. The molecule has 0 saturated heterocycles. The average molecular weight is 462 g/mol.